The van der Waals surface area contributed by atoms with Gasteiger partial charge in [-0.25, -0.2) is 0 Å². The van der Waals surface area contributed by atoms with Gasteiger partial charge in [-0.15, -0.1) is 12.4 Å². The Balaban J connectivity index is 0.00000112. The second-order valence-electron chi connectivity index (χ2n) is 4.84. The molecule has 0 amide bonds. The summed E-state index contributed by atoms with van der Waals surface area (Å²) in [6.45, 7) is 2.17. The topological polar surface area (TPSA) is 49.5 Å². The van der Waals surface area contributed by atoms with Gasteiger partial charge in [-0.1, -0.05) is 0 Å². The number of likely N-dealkylation sites (tertiary alicyclic amines) is 1. The molecule has 0 aromatic carbocycles. The zero-order valence-electron chi connectivity index (χ0n) is 9.27. The second-order valence-corrected chi connectivity index (χ2v) is 4.84. The second kappa shape index (κ2) is 6.04. The van der Waals surface area contributed by atoms with Crippen molar-refractivity contribution in [1.82, 2.24) is 4.90 Å². The van der Waals surface area contributed by atoms with Gasteiger partial charge in [0.05, 0.1) is 6.10 Å². The lowest BCUT2D eigenvalue weighted by atomic mass is 9.89. The Hall–Kier alpha value is 0.170. The van der Waals surface area contributed by atoms with Crippen LogP contribution in [0.15, 0.2) is 0 Å². The number of hydrogen-bond acceptors (Lipinski definition) is 3. The van der Waals surface area contributed by atoms with Crippen LogP contribution < -0.4 is 5.73 Å². The Morgan fingerprint density at radius 3 is 2.00 bits per heavy atom. The summed E-state index contributed by atoms with van der Waals surface area (Å²) in [5.74, 6) is 0. The van der Waals surface area contributed by atoms with Gasteiger partial charge in [-0.3, -0.25) is 0 Å². The molecule has 0 bridgehead atoms. The first-order valence-corrected chi connectivity index (χ1v) is 5.93. The zero-order valence-corrected chi connectivity index (χ0v) is 10.1. The minimum atomic E-state index is -0.0444. The molecule has 1 saturated carbocycles. The van der Waals surface area contributed by atoms with Crippen molar-refractivity contribution >= 4 is 12.4 Å². The van der Waals surface area contributed by atoms with Crippen molar-refractivity contribution in [1.29, 1.82) is 0 Å². The van der Waals surface area contributed by atoms with Crippen molar-refractivity contribution in [2.45, 2.75) is 56.7 Å². The largest absolute Gasteiger partial charge is 0.393 e. The maximum atomic E-state index is 9.42. The SMILES string of the molecule is Cl.NC1CCC(N2CCC(O)CC2)CC1. The van der Waals surface area contributed by atoms with E-state index < -0.39 is 0 Å². The number of halogens is 1. The van der Waals surface area contributed by atoms with Crippen LogP contribution in [0.2, 0.25) is 0 Å². The van der Waals surface area contributed by atoms with Crippen LogP contribution in [0.3, 0.4) is 0 Å². The summed E-state index contributed by atoms with van der Waals surface area (Å²) in [5, 5.41) is 9.42. The molecule has 0 atom stereocenters. The van der Waals surface area contributed by atoms with Crippen molar-refractivity contribution in [3.63, 3.8) is 0 Å². The first-order chi connectivity index (χ1) is 6.75. The molecular weight excluding hydrogens is 212 g/mol. The molecule has 2 rings (SSSR count). The molecule has 0 aromatic rings. The van der Waals surface area contributed by atoms with Gasteiger partial charge >= 0.3 is 0 Å². The zero-order chi connectivity index (χ0) is 9.97. The summed E-state index contributed by atoms with van der Waals surface area (Å²) in [7, 11) is 0. The lowest BCUT2D eigenvalue weighted by Gasteiger charge is -2.39. The molecule has 2 fully saturated rings. The van der Waals surface area contributed by atoms with E-state index in [4.69, 9.17) is 5.73 Å². The fourth-order valence-corrected chi connectivity index (χ4v) is 2.72. The maximum absolute atomic E-state index is 9.42. The summed E-state index contributed by atoms with van der Waals surface area (Å²) in [4.78, 5) is 2.55. The molecule has 1 heterocycles. The third kappa shape index (κ3) is 3.59. The summed E-state index contributed by atoms with van der Waals surface area (Å²) >= 11 is 0. The fraction of sp³-hybridized carbons (Fsp3) is 1.00. The summed E-state index contributed by atoms with van der Waals surface area (Å²) in [5.41, 5.74) is 5.89. The molecular formula is C11H23ClN2O. The van der Waals surface area contributed by atoms with Gasteiger partial charge in [-0.05, 0) is 38.5 Å². The molecule has 3 nitrogen and oxygen atoms in total. The van der Waals surface area contributed by atoms with E-state index in [2.05, 4.69) is 4.90 Å². The van der Waals surface area contributed by atoms with Crippen LogP contribution in [0.25, 0.3) is 0 Å². The van der Waals surface area contributed by atoms with E-state index in [0.29, 0.717) is 6.04 Å². The molecule has 2 aliphatic rings. The van der Waals surface area contributed by atoms with Gasteiger partial charge in [-0.2, -0.15) is 0 Å². The van der Waals surface area contributed by atoms with E-state index >= 15 is 0 Å². The normalized spacial score (nSPS) is 34.8. The number of aliphatic hydroxyl groups is 1. The summed E-state index contributed by atoms with van der Waals surface area (Å²) < 4.78 is 0. The third-order valence-electron chi connectivity index (χ3n) is 3.76. The van der Waals surface area contributed by atoms with Gasteiger partial charge in [0, 0.05) is 25.2 Å². The van der Waals surface area contributed by atoms with Crippen molar-refractivity contribution in [3.8, 4) is 0 Å². The summed E-state index contributed by atoms with van der Waals surface area (Å²) in [6, 6.07) is 1.20. The van der Waals surface area contributed by atoms with Crippen molar-refractivity contribution in [3.05, 3.63) is 0 Å². The molecule has 0 spiro atoms. The summed E-state index contributed by atoms with van der Waals surface area (Å²) in [6.07, 6.45) is 6.77. The van der Waals surface area contributed by atoms with Crippen LogP contribution in [-0.2, 0) is 0 Å². The molecule has 4 heteroatoms. The lowest BCUT2D eigenvalue weighted by molar-refractivity contribution is 0.0489. The highest BCUT2D eigenvalue weighted by Gasteiger charge is 2.26. The first kappa shape index (κ1) is 13.2. The van der Waals surface area contributed by atoms with E-state index in [0.717, 1.165) is 32.0 Å². The van der Waals surface area contributed by atoms with Crippen LogP contribution in [-0.4, -0.2) is 41.3 Å². The molecule has 15 heavy (non-hydrogen) atoms. The molecule has 90 valence electrons. The maximum Gasteiger partial charge on any atom is 0.0564 e. The van der Waals surface area contributed by atoms with Crippen molar-refractivity contribution in [2.24, 2.45) is 5.73 Å². The van der Waals surface area contributed by atoms with Crippen LogP contribution in [0.4, 0.5) is 0 Å². The van der Waals surface area contributed by atoms with E-state index in [9.17, 15) is 5.11 Å². The Labute approximate surface area is 98.4 Å². The monoisotopic (exact) mass is 234 g/mol. The van der Waals surface area contributed by atoms with Gasteiger partial charge in [0.15, 0.2) is 0 Å². The molecule has 1 aliphatic carbocycles. The highest BCUT2D eigenvalue weighted by molar-refractivity contribution is 5.85. The number of piperidine rings is 1. The van der Waals surface area contributed by atoms with E-state index in [-0.39, 0.29) is 18.5 Å². The highest BCUT2D eigenvalue weighted by atomic mass is 35.5. The van der Waals surface area contributed by atoms with E-state index in [1.807, 2.05) is 0 Å². The van der Waals surface area contributed by atoms with E-state index in [1.165, 1.54) is 25.7 Å². The van der Waals surface area contributed by atoms with Crippen molar-refractivity contribution < 1.29 is 5.11 Å². The molecule has 0 aromatic heterocycles. The third-order valence-corrected chi connectivity index (χ3v) is 3.76. The van der Waals surface area contributed by atoms with Gasteiger partial charge < -0.3 is 15.7 Å². The van der Waals surface area contributed by atoms with Crippen LogP contribution >= 0.6 is 12.4 Å². The Bertz CT molecular complexity index is 155. The van der Waals surface area contributed by atoms with Gasteiger partial charge in [0.2, 0.25) is 0 Å². The lowest BCUT2D eigenvalue weighted by Crippen LogP contribution is -2.45. The molecule has 1 aliphatic heterocycles. The van der Waals surface area contributed by atoms with Crippen LogP contribution in [0.5, 0.6) is 0 Å². The number of rotatable bonds is 1. The predicted molar refractivity (Wildman–Crippen MR) is 64.3 cm³/mol. The van der Waals surface area contributed by atoms with Gasteiger partial charge in [0.1, 0.15) is 0 Å². The van der Waals surface area contributed by atoms with Gasteiger partial charge in [0.25, 0.3) is 0 Å². The average molecular weight is 235 g/mol. The minimum absolute atomic E-state index is 0. The van der Waals surface area contributed by atoms with Crippen LogP contribution in [0.1, 0.15) is 38.5 Å². The quantitative estimate of drug-likeness (QED) is 0.716. The average Bonchev–Trinajstić information content (AvgIpc) is 2.21. The Morgan fingerprint density at radius 2 is 1.47 bits per heavy atom. The molecule has 3 N–H and O–H groups in total. The van der Waals surface area contributed by atoms with Crippen LogP contribution in [0, 0.1) is 0 Å². The highest BCUT2D eigenvalue weighted by Crippen LogP contribution is 2.24. The fourth-order valence-electron chi connectivity index (χ4n) is 2.72. The van der Waals surface area contributed by atoms with Crippen molar-refractivity contribution in [2.75, 3.05) is 13.1 Å². The molecule has 0 unspecified atom stereocenters. The smallest absolute Gasteiger partial charge is 0.0564 e. The standard InChI is InChI=1S/C11H22N2O.ClH/c12-9-1-3-10(4-2-9)13-7-5-11(14)6-8-13;/h9-11,14H,1-8,12H2;1H. The number of hydrogen-bond donors (Lipinski definition) is 2. The number of nitrogens with two attached hydrogens (primary N) is 1. The number of aliphatic hydroxyl groups excluding tert-OH is 1. The minimum Gasteiger partial charge on any atom is -0.393 e. The Morgan fingerprint density at radius 1 is 0.933 bits per heavy atom. The van der Waals surface area contributed by atoms with E-state index in [1.54, 1.807) is 0 Å². The molecule has 0 radical (unpaired) electrons. The number of nitrogens with zero attached hydrogens (tertiary/aromatic N) is 1. The first-order valence-electron chi connectivity index (χ1n) is 5.93. The molecule has 1 saturated heterocycles. The Kier molecular flexibility index (Phi) is 5.33. The predicted octanol–water partition coefficient (Wildman–Crippen LogP) is 1.13.